The summed E-state index contributed by atoms with van der Waals surface area (Å²) < 4.78 is 0. The molecule has 0 aromatic carbocycles. The van der Waals surface area contributed by atoms with Crippen LogP contribution >= 0.6 is 0 Å². The highest BCUT2D eigenvalue weighted by Crippen LogP contribution is 2.22. The topological polar surface area (TPSA) is 57.7 Å². The number of amides is 4. The molecule has 104 valence electrons. The molecule has 0 aromatic heterocycles. The van der Waals surface area contributed by atoms with E-state index in [1.54, 1.807) is 38.2 Å². The first-order valence-corrected chi connectivity index (χ1v) is 6.55. The van der Waals surface area contributed by atoms with Crippen molar-refractivity contribution < 1.29 is 14.4 Å². The molecular formula is C15H16N2O3. The van der Waals surface area contributed by atoms with Gasteiger partial charge in [-0.15, -0.1) is 0 Å². The summed E-state index contributed by atoms with van der Waals surface area (Å²) in [6.07, 6.45) is 10.5. The van der Waals surface area contributed by atoms with Crippen LogP contribution in [0, 0.1) is 0 Å². The molecule has 1 fully saturated rings. The lowest BCUT2D eigenvalue weighted by Gasteiger charge is -2.33. The third-order valence-electron chi connectivity index (χ3n) is 3.19. The van der Waals surface area contributed by atoms with E-state index in [-0.39, 0.29) is 18.7 Å². The third-order valence-corrected chi connectivity index (χ3v) is 3.19. The zero-order valence-corrected chi connectivity index (χ0v) is 11.5. The number of hydrogen-bond donors (Lipinski definition) is 0. The Morgan fingerprint density at radius 2 is 1.25 bits per heavy atom. The largest absolute Gasteiger partial charge is 0.333 e. The van der Waals surface area contributed by atoms with Crippen molar-refractivity contribution in [2.75, 3.05) is 13.1 Å². The maximum absolute atomic E-state index is 12.4. The highest BCUT2D eigenvalue weighted by Gasteiger charge is 2.41. The minimum Gasteiger partial charge on any atom is -0.268 e. The van der Waals surface area contributed by atoms with Crippen LogP contribution in [0.3, 0.4) is 0 Å². The molecule has 2 rings (SSSR count). The van der Waals surface area contributed by atoms with E-state index >= 15 is 0 Å². The van der Waals surface area contributed by atoms with Crippen LogP contribution in [0.5, 0.6) is 0 Å². The highest BCUT2D eigenvalue weighted by molar-refractivity contribution is 6.29. The molecule has 0 spiro atoms. The van der Waals surface area contributed by atoms with Gasteiger partial charge in [0, 0.05) is 13.1 Å². The number of urea groups is 1. The first-order valence-electron chi connectivity index (χ1n) is 6.55. The summed E-state index contributed by atoms with van der Waals surface area (Å²) in [5.41, 5.74) is 0.568. The Morgan fingerprint density at radius 3 is 1.65 bits per heavy atom. The van der Waals surface area contributed by atoms with Crippen LogP contribution in [0.4, 0.5) is 4.79 Å². The molecule has 2 aliphatic rings. The maximum Gasteiger partial charge on any atom is 0.333 e. The number of carbonyl (C=O) groups excluding carboxylic acids is 3. The highest BCUT2D eigenvalue weighted by atomic mass is 16.2. The summed E-state index contributed by atoms with van der Waals surface area (Å²) in [5.74, 6) is -1.06. The van der Waals surface area contributed by atoms with Crippen LogP contribution in [-0.4, -0.2) is 40.7 Å². The summed E-state index contributed by atoms with van der Waals surface area (Å²) in [5, 5.41) is 0. The first-order chi connectivity index (χ1) is 9.61. The van der Waals surface area contributed by atoms with Crippen molar-refractivity contribution in [3.63, 3.8) is 0 Å². The molecule has 0 N–H and O–H groups in total. The van der Waals surface area contributed by atoms with Gasteiger partial charge in [0.2, 0.25) is 0 Å². The fraction of sp³-hybridized carbons (Fsp3) is 0.267. The molecule has 20 heavy (non-hydrogen) atoms. The van der Waals surface area contributed by atoms with E-state index in [1.807, 2.05) is 12.2 Å². The average Bonchev–Trinajstić information content (AvgIpc) is 2.69. The fourth-order valence-electron chi connectivity index (χ4n) is 2.15. The van der Waals surface area contributed by atoms with Gasteiger partial charge in [-0.2, -0.15) is 0 Å². The predicted octanol–water partition coefficient (Wildman–Crippen LogP) is 1.80. The van der Waals surface area contributed by atoms with E-state index < -0.39 is 17.8 Å². The van der Waals surface area contributed by atoms with Crippen LogP contribution in [0.25, 0.3) is 0 Å². The van der Waals surface area contributed by atoms with Crippen LogP contribution in [0.15, 0.2) is 47.6 Å². The molecule has 0 bridgehead atoms. The zero-order valence-electron chi connectivity index (χ0n) is 11.5. The Kier molecular flexibility index (Phi) is 3.98. The molecule has 0 saturated carbocycles. The minimum atomic E-state index is -0.547. The van der Waals surface area contributed by atoms with Crippen molar-refractivity contribution in [1.82, 2.24) is 9.80 Å². The Balaban J connectivity index is 2.56. The zero-order chi connectivity index (χ0) is 14.7. The molecule has 1 aliphatic heterocycles. The van der Waals surface area contributed by atoms with Gasteiger partial charge in [-0.3, -0.25) is 19.4 Å². The third kappa shape index (κ3) is 2.22. The lowest BCUT2D eigenvalue weighted by Crippen LogP contribution is -2.56. The quantitative estimate of drug-likeness (QED) is 0.569. The Labute approximate surface area is 117 Å². The molecular weight excluding hydrogens is 256 g/mol. The van der Waals surface area contributed by atoms with Gasteiger partial charge in [0.05, 0.1) is 0 Å². The van der Waals surface area contributed by atoms with Gasteiger partial charge in [-0.1, -0.05) is 36.5 Å². The minimum absolute atomic E-state index is 0.0458. The molecule has 0 aromatic rings. The van der Waals surface area contributed by atoms with Crippen molar-refractivity contribution in [2.45, 2.75) is 13.8 Å². The molecule has 1 saturated heterocycles. The summed E-state index contributed by atoms with van der Waals surface area (Å²) in [6.45, 7) is 3.90. The number of hydrogen-bond acceptors (Lipinski definition) is 3. The summed E-state index contributed by atoms with van der Waals surface area (Å²) in [6, 6.07) is -0.547. The molecule has 5 nitrogen and oxygen atoms in total. The average molecular weight is 272 g/mol. The van der Waals surface area contributed by atoms with Crippen LogP contribution in [0.1, 0.15) is 13.8 Å². The van der Waals surface area contributed by atoms with Gasteiger partial charge in [-0.25, -0.2) is 4.79 Å². The second kappa shape index (κ2) is 5.69. The lowest BCUT2D eigenvalue weighted by molar-refractivity contribution is -0.135. The SMILES string of the molecule is CCN1C(=O)C(=C2C=CC=CC=C2)C(=O)N(CC)C1=O. The number of allylic oxidation sites excluding steroid dienone is 7. The van der Waals surface area contributed by atoms with E-state index in [4.69, 9.17) is 0 Å². The van der Waals surface area contributed by atoms with Crippen molar-refractivity contribution in [1.29, 1.82) is 0 Å². The van der Waals surface area contributed by atoms with Crippen molar-refractivity contribution in [3.8, 4) is 0 Å². The van der Waals surface area contributed by atoms with Gasteiger partial charge in [0.25, 0.3) is 11.8 Å². The molecule has 0 unspecified atom stereocenters. The standard InChI is InChI=1S/C15H16N2O3/c1-3-16-13(18)12(11-9-7-5-6-8-10-11)14(19)17(4-2)15(16)20/h5-10H,3-4H2,1-2H3. The maximum atomic E-state index is 12.4. The molecule has 4 amide bonds. The van der Waals surface area contributed by atoms with E-state index in [9.17, 15) is 14.4 Å². The molecule has 1 aliphatic carbocycles. The Hall–Kier alpha value is -2.43. The Bertz CT molecular complexity index is 536. The summed E-state index contributed by atoms with van der Waals surface area (Å²) in [7, 11) is 0. The fourth-order valence-corrected chi connectivity index (χ4v) is 2.15. The Morgan fingerprint density at radius 1 is 0.800 bits per heavy atom. The van der Waals surface area contributed by atoms with Crippen LogP contribution in [0.2, 0.25) is 0 Å². The monoisotopic (exact) mass is 272 g/mol. The van der Waals surface area contributed by atoms with E-state index in [0.717, 1.165) is 9.80 Å². The predicted molar refractivity (Wildman–Crippen MR) is 74.6 cm³/mol. The first kappa shape index (κ1) is 14.0. The molecule has 1 heterocycles. The van der Waals surface area contributed by atoms with Crippen molar-refractivity contribution >= 4 is 17.8 Å². The number of imide groups is 2. The molecule has 5 heteroatoms. The van der Waals surface area contributed by atoms with Crippen molar-refractivity contribution in [3.05, 3.63) is 47.6 Å². The summed E-state index contributed by atoms with van der Waals surface area (Å²) in [4.78, 5) is 38.9. The second-order valence-electron chi connectivity index (χ2n) is 4.31. The van der Waals surface area contributed by atoms with Gasteiger partial charge in [0.1, 0.15) is 5.57 Å². The van der Waals surface area contributed by atoms with Crippen LogP contribution < -0.4 is 0 Å². The number of likely N-dealkylation sites (N-methyl/N-ethyl adjacent to an activating group) is 2. The van der Waals surface area contributed by atoms with E-state index in [2.05, 4.69) is 0 Å². The van der Waals surface area contributed by atoms with Gasteiger partial charge in [-0.05, 0) is 19.4 Å². The van der Waals surface area contributed by atoms with E-state index in [0.29, 0.717) is 5.57 Å². The number of barbiturate groups is 1. The number of carbonyl (C=O) groups is 3. The molecule has 0 atom stereocenters. The van der Waals surface area contributed by atoms with Gasteiger partial charge in [0.15, 0.2) is 0 Å². The van der Waals surface area contributed by atoms with Crippen LogP contribution in [-0.2, 0) is 9.59 Å². The van der Waals surface area contributed by atoms with Crippen molar-refractivity contribution in [2.24, 2.45) is 0 Å². The number of rotatable bonds is 2. The number of nitrogens with zero attached hydrogens (tertiary/aromatic N) is 2. The smallest absolute Gasteiger partial charge is 0.268 e. The second-order valence-corrected chi connectivity index (χ2v) is 4.31. The lowest BCUT2D eigenvalue weighted by atomic mass is 10.0. The normalized spacial score (nSPS) is 19.2. The van der Waals surface area contributed by atoms with E-state index in [1.165, 1.54) is 0 Å². The summed E-state index contributed by atoms with van der Waals surface area (Å²) >= 11 is 0. The van der Waals surface area contributed by atoms with Gasteiger partial charge >= 0.3 is 6.03 Å². The van der Waals surface area contributed by atoms with Gasteiger partial charge < -0.3 is 0 Å². The molecule has 0 radical (unpaired) electrons.